The number of fused-ring (bicyclic) bond motifs is 2. The number of benzene rings is 1. The summed E-state index contributed by atoms with van der Waals surface area (Å²) in [6, 6.07) is 12.3. The van der Waals surface area contributed by atoms with Crippen molar-refractivity contribution >= 4 is 11.8 Å². The molecule has 1 aromatic carbocycles. The first kappa shape index (κ1) is 19.6. The maximum absolute atomic E-state index is 12.8. The van der Waals surface area contributed by atoms with E-state index in [9.17, 15) is 9.59 Å². The molecule has 2 aromatic rings. The summed E-state index contributed by atoms with van der Waals surface area (Å²) in [7, 11) is 0. The lowest BCUT2D eigenvalue weighted by Crippen LogP contribution is -2.44. The number of hydrogen-bond donors (Lipinski definition) is 1. The lowest BCUT2D eigenvalue weighted by atomic mass is 9.73. The molecule has 152 valence electrons. The van der Waals surface area contributed by atoms with Crippen LogP contribution in [-0.2, 0) is 10.2 Å². The van der Waals surface area contributed by atoms with Crippen LogP contribution < -0.4 is 5.32 Å². The van der Waals surface area contributed by atoms with Crippen molar-refractivity contribution in [2.45, 2.75) is 56.9 Å². The van der Waals surface area contributed by atoms with Crippen molar-refractivity contribution in [1.82, 2.24) is 15.2 Å². The van der Waals surface area contributed by atoms with E-state index in [0.717, 1.165) is 32.4 Å². The molecule has 1 aromatic heterocycles. The largest absolute Gasteiger partial charge is 0.354 e. The molecule has 2 amide bonds. The van der Waals surface area contributed by atoms with Crippen LogP contribution in [0.1, 0.15) is 66.9 Å². The number of piperidine rings is 1. The molecule has 0 saturated carbocycles. The smallest absolute Gasteiger partial charge is 0.253 e. The van der Waals surface area contributed by atoms with Gasteiger partial charge in [-0.05, 0) is 67.7 Å². The van der Waals surface area contributed by atoms with E-state index in [1.54, 1.807) is 24.5 Å². The summed E-state index contributed by atoms with van der Waals surface area (Å²) in [4.78, 5) is 31.2. The molecule has 1 saturated heterocycles. The van der Waals surface area contributed by atoms with Crippen molar-refractivity contribution in [1.29, 1.82) is 0 Å². The molecule has 2 heterocycles. The van der Waals surface area contributed by atoms with Crippen LogP contribution in [0.4, 0.5) is 0 Å². The van der Waals surface area contributed by atoms with Gasteiger partial charge in [-0.1, -0.05) is 24.3 Å². The first-order valence-electron chi connectivity index (χ1n) is 10.6. The molecule has 5 nitrogen and oxygen atoms in total. The number of nitrogens with one attached hydrogen (secondary N) is 1. The van der Waals surface area contributed by atoms with Gasteiger partial charge >= 0.3 is 0 Å². The number of amides is 2. The molecule has 4 rings (SSSR count). The second kappa shape index (κ2) is 7.97. The van der Waals surface area contributed by atoms with Crippen molar-refractivity contribution in [2.75, 3.05) is 13.1 Å². The zero-order chi connectivity index (χ0) is 20.4. The molecule has 1 atom stereocenters. The van der Waals surface area contributed by atoms with Crippen LogP contribution in [-0.4, -0.2) is 40.8 Å². The van der Waals surface area contributed by atoms with Crippen LogP contribution in [0.15, 0.2) is 48.8 Å². The van der Waals surface area contributed by atoms with E-state index in [4.69, 9.17) is 0 Å². The fourth-order valence-corrected chi connectivity index (χ4v) is 5.10. The van der Waals surface area contributed by atoms with E-state index in [1.807, 2.05) is 18.7 Å². The average molecular weight is 392 g/mol. The number of pyridine rings is 1. The second-order valence-corrected chi connectivity index (χ2v) is 8.72. The van der Waals surface area contributed by atoms with Gasteiger partial charge in [0.2, 0.25) is 5.91 Å². The lowest BCUT2D eigenvalue weighted by Gasteiger charge is -2.40. The van der Waals surface area contributed by atoms with Gasteiger partial charge in [-0.25, -0.2) is 0 Å². The van der Waals surface area contributed by atoms with Crippen molar-refractivity contribution in [3.05, 3.63) is 65.5 Å². The highest BCUT2D eigenvalue weighted by atomic mass is 16.2. The van der Waals surface area contributed by atoms with Gasteiger partial charge in [0.15, 0.2) is 0 Å². The summed E-state index contributed by atoms with van der Waals surface area (Å²) in [5.41, 5.74) is 3.48. The molecule has 1 aliphatic carbocycles. The van der Waals surface area contributed by atoms with E-state index in [1.165, 1.54) is 11.1 Å². The third-order valence-electron chi connectivity index (χ3n) is 6.43. The summed E-state index contributed by atoms with van der Waals surface area (Å²) in [5.74, 6) is 0.468. The number of rotatable bonds is 4. The summed E-state index contributed by atoms with van der Waals surface area (Å²) in [6.45, 7) is 5.50. The molecule has 1 fully saturated rings. The number of nitrogens with zero attached hydrogens (tertiary/aromatic N) is 2. The van der Waals surface area contributed by atoms with Gasteiger partial charge in [0, 0.05) is 43.5 Å². The molecular formula is C24H29N3O2. The number of hydrogen-bond acceptors (Lipinski definition) is 3. The lowest BCUT2D eigenvalue weighted by molar-refractivity contribution is -0.122. The van der Waals surface area contributed by atoms with Crippen LogP contribution in [0.25, 0.3) is 0 Å². The van der Waals surface area contributed by atoms with Crippen LogP contribution >= 0.6 is 0 Å². The summed E-state index contributed by atoms with van der Waals surface area (Å²) < 4.78 is 0. The highest BCUT2D eigenvalue weighted by molar-refractivity contribution is 5.94. The number of aromatic nitrogens is 1. The van der Waals surface area contributed by atoms with Crippen LogP contribution in [0.2, 0.25) is 0 Å². The molecule has 29 heavy (non-hydrogen) atoms. The molecule has 0 radical (unpaired) electrons. The standard InChI is InChI=1S/C24H29N3O2/c1-17(2)26-22(28)15-19-16-24(21-6-4-3-5-20(19)21)9-13-27(14-10-24)23(29)18-7-11-25-12-8-18/h3-8,11-12,17,19H,9-10,13-16H2,1-2H3,(H,26,28)/t19-/m1/s1. The predicted octanol–water partition coefficient (Wildman–Crippen LogP) is 3.66. The third kappa shape index (κ3) is 3.91. The monoisotopic (exact) mass is 391 g/mol. The Morgan fingerprint density at radius 3 is 2.52 bits per heavy atom. The van der Waals surface area contributed by atoms with E-state index in [2.05, 4.69) is 34.6 Å². The Bertz CT molecular complexity index is 886. The van der Waals surface area contributed by atoms with Gasteiger partial charge in [-0.3, -0.25) is 14.6 Å². The maximum atomic E-state index is 12.8. The van der Waals surface area contributed by atoms with Crippen LogP contribution in [0.5, 0.6) is 0 Å². The molecule has 0 unspecified atom stereocenters. The molecule has 2 aliphatic rings. The molecule has 1 aliphatic heterocycles. The highest BCUT2D eigenvalue weighted by Crippen LogP contribution is 2.52. The molecule has 0 bridgehead atoms. The fourth-order valence-electron chi connectivity index (χ4n) is 5.10. The number of carbonyl (C=O) groups is 2. The molecule has 1 N–H and O–H groups in total. The van der Waals surface area contributed by atoms with Crippen molar-refractivity contribution < 1.29 is 9.59 Å². The number of likely N-dealkylation sites (tertiary alicyclic amines) is 1. The van der Waals surface area contributed by atoms with Gasteiger partial charge in [0.1, 0.15) is 0 Å². The Hall–Kier alpha value is -2.69. The SMILES string of the molecule is CC(C)NC(=O)C[C@@H]1CC2(CCN(C(=O)c3ccncc3)CC2)c2ccccc21. The van der Waals surface area contributed by atoms with Gasteiger partial charge in [-0.2, -0.15) is 0 Å². The maximum Gasteiger partial charge on any atom is 0.253 e. The molecule has 1 spiro atoms. The van der Waals surface area contributed by atoms with E-state index in [-0.39, 0.29) is 29.2 Å². The van der Waals surface area contributed by atoms with Crippen molar-refractivity contribution in [2.24, 2.45) is 0 Å². The van der Waals surface area contributed by atoms with Crippen molar-refractivity contribution in [3.63, 3.8) is 0 Å². The van der Waals surface area contributed by atoms with Gasteiger partial charge in [-0.15, -0.1) is 0 Å². The van der Waals surface area contributed by atoms with E-state index < -0.39 is 0 Å². The Kier molecular flexibility index (Phi) is 5.39. The third-order valence-corrected chi connectivity index (χ3v) is 6.43. The van der Waals surface area contributed by atoms with E-state index in [0.29, 0.717) is 12.0 Å². The van der Waals surface area contributed by atoms with Crippen molar-refractivity contribution in [3.8, 4) is 0 Å². The van der Waals surface area contributed by atoms with E-state index >= 15 is 0 Å². The first-order valence-corrected chi connectivity index (χ1v) is 10.6. The minimum atomic E-state index is 0.0778. The Balaban J connectivity index is 1.49. The number of carbonyl (C=O) groups excluding carboxylic acids is 2. The second-order valence-electron chi connectivity index (χ2n) is 8.72. The minimum Gasteiger partial charge on any atom is -0.354 e. The first-order chi connectivity index (χ1) is 14.0. The fraction of sp³-hybridized carbons (Fsp3) is 0.458. The topological polar surface area (TPSA) is 62.3 Å². The Morgan fingerprint density at radius 1 is 1.14 bits per heavy atom. The molecule has 5 heteroatoms. The van der Waals surface area contributed by atoms with Gasteiger partial charge in [0.05, 0.1) is 0 Å². The summed E-state index contributed by atoms with van der Waals surface area (Å²) in [5, 5.41) is 3.04. The Morgan fingerprint density at radius 2 is 1.83 bits per heavy atom. The predicted molar refractivity (Wildman–Crippen MR) is 113 cm³/mol. The summed E-state index contributed by atoms with van der Waals surface area (Å²) in [6.07, 6.45) is 6.76. The molecular weight excluding hydrogens is 362 g/mol. The zero-order valence-electron chi connectivity index (χ0n) is 17.2. The zero-order valence-corrected chi connectivity index (χ0v) is 17.2. The average Bonchev–Trinajstić information content (AvgIpc) is 3.01. The van der Waals surface area contributed by atoms with Gasteiger partial charge in [0.25, 0.3) is 5.91 Å². The normalized spacial score (nSPS) is 20.0. The van der Waals surface area contributed by atoms with Crippen LogP contribution in [0, 0.1) is 0 Å². The Labute approximate surface area is 172 Å². The van der Waals surface area contributed by atoms with Crippen LogP contribution in [0.3, 0.4) is 0 Å². The quantitative estimate of drug-likeness (QED) is 0.865. The van der Waals surface area contributed by atoms with Gasteiger partial charge < -0.3 is 10.2 Å². The highest BCUT2D eigenvalue weighted by Gasteiger charge is 2.46. The minimum absolute atomic E-state index is 0.0778. The summed E-state index contributed by atoms with van der Waals surface area (Å²) >= 11 is 0.